The zero-order valence-corrected chi connectivity index (χ0v) is 7.29. The monoisotopic (exact) mass is 176 g/mol. The summed E-state index contributed by atoms with van der Waals surface area (Å²) in [6.07, 6.45) is 0.939. The molecule has 0 saturated carbocycles. The van der Waals surface area contributed by atoms with Crippen molar-refractivity contribution in [2.24, 2.45) is 28.7 Å². The molecule has 12 heavy (non-hydrogen) atoms. The van der Waals surface area contributed by atoms with Gasteiger partial charge in [-0.1, -0.05) is 0 Å². The van der Waals surface area contributed by atoms with Crippen molar-refractivity contribution < 1.29 is 0 Å². The Balaban J connectivity index is 3.40. The van der Waals surface area contributed by atoms with Crippen LogP contribution < -0.4 is 34.0 Å². The van der Waals surface area contributed by atoms with E-state index in [1.807, 2.05) is 0 Å². The second-order valence-electron chi connectivity index (χ2n) is 3.02. The van der Waals surface area contributed by atoms with Crippen molar-refractivity contribution in [1.82, 2.24) is 5.32 Å². The number of nitrogens with two attached hydrogens (primary N) is 5. The Kier molecular flexibility index (Phi) is 5.31. The Morgan fingerprint density at radius 3 is 2.25 bits per heavy atom. The number of rotatable bonds is 6. The molecule has 6 heteroatoms. The maximum atomic E-state index is 5.61. The van der Waals surface area contributed by atoms with Crippen molar-refractivity contribution in [3.05, 3.63) is 0 Å². The molecule has 0 spiro atoms. The molecule has 0 aliphatic carbocycles. The van der Waals surface area contributed by atoms with E-state index >= 15 is 0 Å². The molecule has 0 amide bonds. The fraction of sp³-hybridized carbons (Fsp3) is 1.00. The van der Waals surface area contributed by atoms with Crippen molar-refractivity contribution in [2.75, 3.05) is 13.1 Å². The SMILES string of the molecule is NCCCNC(N)CC(N)(N)N. The minimum atomic E-state index is -1.20. The van der Waals surface area contributed by atoms with Crippen LogP contribution in [-0.4, -0.2) is 25.0 Å². The van der Waals surface area contributed by atoms with Gasteiger partial charge in [0.15, 0.2) is 0 Å². The Hall–Kier alpha value is -0.240. The van der Waals surface area contributed by atoms with Crippen LogP contribution in [0.3, 0.4) is 0 Å². The molecular weight excluding hydrogens is 156 g/mol. The molecule has 11 N–H and O–H groups in total. The molecule has 6 nitrogen and oxygen atoms in total. The third-order valence-corrected chi connectivity index (χ3v) is 1.36. The molecule has 74 valence electrons. The van der Waals surface area contributed by atoms with Gasteiger partial charge in [0.05, 0.1) is 6.17 Å². The normalized spacial score (nSPS) is 14.8. The number of hydrogen-bond donors (Lipinski definition) is 6. The minimum Gasteiger partial charge on any atom is -0.330 e. The third-order valence-electron chi connectivity index (χ3n) is 1.36. The standard InChI is InChI=1S/C6H20N6/c7-2-1-3-12-5(8)4-6(9,10)11/h5,12H,1-4,7-11H2. The van der Waals surface area contributed by atoms with Crippen LogP contribution in [0, 0.1) is 0 Å². The average molecular weight is 176 g/mol. The maximum Gasteiger partial charge on any atom is 0.118 e. The predicted molar refractivity (Wildman–Crippen MR) is 49.6 cm³/mol. The number of nitrogens with one attached hydrogen (secondary N) is 1. The molecule has 0 aromatic heterocycles. The highest BCUT2D eigenvalue weighted by Gasteiger charge is 2.15. The van der Waals surface area contributed by atoms with E-state index in [1.165, 1.54) is 0 Å². The van der Waals surface area contributed by atoms with Gasteiger partial charge in [0.25, 0.3) is 0 Å². The lowest BCUT2D eigenvalue weighted by Gasteiger charge is -2.23. The quantitative estimate of drug-likeness (QED) is 0.190. The van der Waals surface area contributed by atoms with E-state index in [-0.39, 0.29) is 6.17 Å². The van der Waals surface area contributed by atoms with Crippen molar-refractivity contribution in [3.63, 3.8) is 0 Å². The summed E-state index contributed by atoms with van der Waals surface area (Å²) < 4.78 is 0. The fourth-order valence-electron chi connectivity index (χ4n) is 0.843. The van der Waals surface area contributed by atoms with E-state index in [4.69, 9.17) is 28.7 Å². The van der Waals surface area contributed by atoms with E-state index in [0.717, 1.165) is 13.0 Å². The lowest BCUT2D eigenvalue weighted by molar-refractivity contribution is 0.349. The average Bonchev–Trinajstić information content (AvgIpc) is 1.84. The van der Waals surface area contributed by atoms with E-state index in [0.29, 0.717) is 13.0 Å². The van der Waals surface area contributed by atoms with Gasteiger partial charge in [-0.2, -0.15) is 0 Å². The van der Waals surface area contributed by atoms with Crippen molar-refractivity contribution in [1.29, 1.82) is 0 Å². The molecule has 0 aromatic rings. The zero-order valence-electron chi connectivity index (χ0n) is 7.29. The fourth-order valence-corrected chi connectivity index (χ4v) is 0.843. The van der Waals surface area contributed by atoms with Gasteiger partial charge in [-0.15, -0.1) is 0 Å². The highest BCUT2D eigenvalue weighted by molar-refractivity contribution is 4.74. The first-order chi connectivity index (χ1) is 5.45. The molecule has 0 radical (unpaired) electrons. The first kappa shape index (κ1) is 11.8. The van der Waals surface area contributed by atoms with Crippen LogP contribution >= 0.6 is 0 Å². The van der Waals surface area contributed by atoms with Gasteiger partial charge in [-0.25, -0.2) is 0 Å². The van der Waals surface area contributed by atoms with Crippen LogP contribution in [0.5, 0.6) is 0 Å². The van der Waals surface area contributed by atoms with Gasteiger partial charge in [0.2, 0.25) is 0 Å². The molecule has 1 atom stereocenters. The largest absolute Gasteiger partial charge is 0.330 e. The Morgan fingerprint density at radius 2 is 1.83 bits per heavy atom. The molecular formula is C6H20N6. The van der Waals surface area contributed by atoms with Gasteiger partial charge >= 0.3 is 0 Å². The summed E-state index contributed by atoms with van der Waals surface area (Å²) >= 11 is 0. The maximum absolute atomic E-state index is 5.61. The summed E-state index contributed by atoms with van der Waals surface area (Å²) in [5, 5.41) is 3.00. The third kappa shape index (κ3) is 7.86. The van der Waals surface area contributed by atoms with E-state index in [1.54, 1.807) is 0 Å². The van der Waals surface area contributed by atoms with Crippen LogP contribution in [0.15, 0.2) is 0 Å². The highest BCUT2D eigenvalue weighted by Crippen LogP contribution is 1.90. The first-order valence-electron chi connectivity index (χ1n) is 4.01. The Bertz CT molecular complexity index is 109. The van der Waals surface area contributed by atoms with Crippen molar-refractivity contribution in [3.8, 4) is 0 Å². The zero-order chi connectivity index (χ0) is 9.61. The van der Waals surface area contributed by atoms with Crippen LogP contribution in [0.1, 0.15) is 12.8 Å². The van der Waals surface area contributed by atoms with E-state index in [9.17, 15) is 0 Å². The van der Waals surface area contributed by atoms with E-state index in [2.05, 4.69) is 5.32 Å². The topological polar surface area (TPSA) is 142 Å². The lowest BCUT2D eigenvalue weighted by Crippen LogP contribution is -2.62. The Labute approximate surface area is 72.8 Å². The first-order valence-corrected chi connectivity index (χ1v) is 4.01. The van der Waals surface area contributed by atoms with Gasteiger partial charge in [0, 0.05) is 6.42 Å². The van der Waals surface area contributed by atoms with Crippen LogP contribution in [0.25, 0.3) is 0 Å². The molecule has 0 fully saturated rings. The van der Waals surface area contributed by atoms with Gasteiger partial charge in [-0.3, -0.25) is 0 Å². The lowest BCUT2D eigenvalue weighted by atomic mass is 10.2. The second kappa shape index (κ2) is 5.41. The summed E-state index contributed by atoms with van der Waals surface area (Å²) in [4.78, 5) is 0. The highest BCUT2D eigenvalue weighted by atomic mass is 15.1. The molecule has 0 rings (SSSR count). The smallest absolute Gasteiger partial charge is 0.118 e. The van der Waals surface area contributed by atoms with Gasteiger partial charge < -0.3 is 34.0 Å². The molecule has 0 heterocycles. The van der Waals surface area contributed by atoms with Crippen molar-refractivity contribution >= 4 is 0 Å². The van der Waals surface area contributed by atoms with Crippen molar-refractivity contribution in [2.45, 2.75) is 24.8 Å². The van der Waals surface area contributed by atoms with Gasteiger partial charge in [-0.05, 0) is 19.5 Å². The van der Waals surface area contributed by atoms with Gasteiger partial charge in [0.1, 0.15) is 5.79 Å². The van der Waals surface area contributed by atoms with Crippen LogP contribution in [0.2, 0.25) is 0 Å². The summed E-state index contributed by atoms with van der Waals surface area (Å²) in [5.74, 6) is -1.20. The minimum absolute atomic E-state index is 0.267. The van der Waals surface area contributed by atoms with Crippen LogP contribution in [-0.2, 0) is 0 Å². The second-order valence-corrected chi connectivity index (χ2v) is 3.02. The molecule has 0 aliphatic rings. The predicted octanol–water partition coefficient (Wildman–Crippen LogP) is -2.87. The summed E-state index contributed by atoms with van der Waals surface area (Å²) in [6.45, 7) is 1.40. The summed E-state index contributed by atoms with van der Waals surface area (Å²) in [5.41, 5.74) is 27.0. The molecule has 0 bridgehead atoms. The van der Waals surface area contributed by atoms with E-state index < -0.39 is 5.79 Å². The molecule has 0 saturated heterocycles. The van der Waals surface area contributed by atoms with Crippen LogP contribution in [0.4, 0.5) is 0 Å². The number of hydrogen-bond acceptors (Lipinski definition) is 6. The molecule has 0 aliphatic heterocycles. The Morgan fingerprint density at radius 1 is 1.25 bits per heavy atom. The molecule has 1 unspecified atom stereocenters. The summed E-state index contributed by atoms with van der Waals surface area (Å²) in [7, 11) is 0. The summed E-state index contributed by atoms with van der Waals surface area (Å²) in [6, 6.07) is 0. The molecule has 0 aromatic carbocycles.